The predicted octanol–water partition coefficient (Wildman–Crippen LogP) is 2.95. The molecule has 92 valence electrons. The Labute approximate surface area is 116 Å². The van der Waals surface area contributed by atoms with Crippen LogP contribution in [0, 0.1) is 0 Å². The van der Waals surface area contributed by atoms with Crippen LogP contribution in [0.5, 0.6) is 0 Å². The van der Waals surface area contributed by atoms with Crippen molar-refractivity contribution in [2.24, 2.45) is 0 Å². The van der Waals surface area contributed by atoms with Crippen LogP contribution in [-0.2, 0) is 25.7 Å². The fourth-order valence-corrected chi connectivity index (χ4v) is 4.06. The van der Waals surface area contributed by atoms with E-state index in [1.165, 1.54) is 36.0 Å². The second kappa shape index (κ2) is 5.30. The molecule has 0 amide bonds. The molecule has 0 fully saturated rings. The zero-order chi connectivity index (χ0) is 12.4. The first-order chi connectivity index (χ1) is 8.85. The molecular weight excluding hydrogens is 283 g/mol. The van der Waals surface area contributed by atoms with Crippen LogP contribution in [0.25, 0.3) is 0 Å². The molecule has 18 heavy (non-hydrogen) atoms. The van der Waals surface area contributed by atoms with Gasteiger partial charge in [0.1, 0.15) is 0 Å². The summed E-state index contributed by atoms with van der Waals surface area (Å²) in [4.78, 5) is 0. The molecule has 0 aromatic heterocycles. The number of hydrogen-bond donors (Lipinski definition) is 0. The fraction of sp³-hybridized carbons (Fsp3) is 0.294. The van der Waals surface area contributed by atoms with Crippen LogP contribution in [-0.4, -0.2) is 15.0 Å². The van der Waals surface area contributed by atoms with Gasteiger partial charge in [-0.2, -0.15) is 0 Å². The first kappa shape index (κ1) is 12.0. The summed E-state index contributed by atoms with van der Waals surface area (Å²) in [7, 11) is 0. The van der Waals surface area contributed by atoms with E-state index in [2.05, 4.69) is 48.3 Å². The van der Waals surface area contributed by atoms with Crippen molar-refractivity contribution in [3.63, 3.8) is 0 Å². The molecule has 0 saturated heterocycles. The molecule has 4 aliphatic rings. The molecule has 0 N–H and O–H groups in total. The van der Waals surface area contributed by atoms with Gasteiger partial charge in [-0.1, -0.05) is 0 Å². The van der Waals surface area contributed by atoms with Gasteiger partial charge in [0.25, 0.3) is 0 Å². The third-order valence-electron chi connectivity index (χ3n) is 3.76. The van der Waals surface area contributed by atoms with Crippen LogP contribution in [0.3, 0.4) is 0 Å². The van der Waals surface area contributed by atoms with Crippen LogP contribution in [0.2, 0.25) is 5.82 Å². The maximum atomic E-state index is 2.45. The number of rotatable bonds is 1. The van der Waals surface area contributed by atoms with E-state index in [1.54, 1.807) is 10.0 Å². The monoisotopic (exact) mass is 302 g/mol. The molecule has 0 unspecified atom stereocenters. The Balaban J connectivity index is 2.00. The molecule has 0 radical (unpaired) electrons. The van der Waals surface area contributed by atoms with Gasteiger partial charge >= 0.3 is 116 Å². The van der Waals surface area contributed by atoms with E-state index in [0.717, 1.165) is 6.42 Å². The van der Waals surface area contributed by atoms with Crippen molar-refractivity contribution >= 4 is 19.4 Å². The molecule has 1 heteroatoms. The van der Waals surface area contributed by atoms with Crippen molar-refractivity contribution in [1.82, 2.24) is 0 Å². The molecule has 0 aliphatic heterocycles. The Kier molecular flexibility index (Phi) is 3.54. The van der Waals surface area contributed by atoms with Gasteiger partial charge in [0.2, 0.25) is 0 Å². The maximum absolute atomic E-state index is 2.45. The van der Waals surface area contributed by atoms with Gasteiger partial charge in [-0.15, -0.1) is 0 Å². The molecule has 0 nitrogen and oxygen atoms in total. The zero-order valence-corrected chi connectivity index (χ0v) is 12.5. The van der Waals surface area contributed by atoms with Gasteiger partial charge in [0.15, 0.2) is 0 Å². The van der Waals surface area contributed by atoms with Crippen LogP contribution >= 0.6 is 0 Å². The van der Waals surface area contributed by atoms with Crippen LogP contribution in [0.1, 0.15) is 22.3 Å². The Morgan fingerprint density at radius 3 is 1.94 bits per heavy atom. The SMILES string of the molecule is C[Se]c1cc2ccc1CCc1ccc(cc1)CC2. The van der Waals surface area contributed by atoms with Crippen LogP contribution in [0.15, 0.2) is 42.5 Å². The van der Waals surface area contributed by atoms with E-state index in [4.69, 9.17) is 0 Å². The number of aryl methyl sites for hydroxylation is 4. The van der Waals surface area contributed by atoms with E-state index in [9.17, 15) is 0 Å². The zero-order valence-electron chi connectivity index (χ0n) is 10.8. The van der Waals surface area contributed by atoms with E-state index in [0.29, 0.717) is 15.0 Å². The van der Waals surface area contributed by atoms with E-state index >= 15 is 0 Å². The Morgan fingerprint density at radius 2 is 1.28 bits per heavy atom. The number of benzene rings is 2. The third-order valence-corrected chi connectivity index (χ3v) is 5.48. The predicted molar refractivity (Wildman–Crippen MR) is 79.0 cm³/mol. The molecule has 2 aromatic carbocycles. The minimum absolute atomic E-state index is 0.609. The molecule has 0 atom stereocenters. The van der Waals surface area contributed by atoms with Crippen molar-refractivity contribution in [3.8, 4) is 0 Å². The summed E-state index contributed by atoms with van der Waals surface area (Å²) < 4.78 is 1.61. The first-order valence-corrected chi connectivity index (χ1v) is 9.16. The molecular formula is C17H18Se. The quantitative estimate of drug-likeness (QED) is 0.711. The normalized spacial score (nSPS) is 14.3. The second-order valence-electron chi connectivity index (χ2n) is 4.96. The van der Waals surface area contributed by atoms with Crippen molar-refractivity contribution in [2.75, 3.05) is 0 Å². The van der Waals surface area contributed by atoms with Crippen molar-refractivity contribution in [1.29, 1.82) is 0 Å². The van der Waals surface area contributed by atoms with Crippen LogP contribution in [0.4, 0.5) is 0 Å². The van der Waals surface area contributed by atoms with Crippen molar-refractivity contribution in [3.05, 3.63) is 64.7 Å². The molecule has 4 aliphatic carbocycles. The molecule has 0 heterocycles. The average molecular weight is 301 g/mol. The second-order valence-corrected chi connectivity index (χ2v) is 6.74. The van der Waals surface area contributed by atoms with Crippen molar-refractivity contribution in [2.45, 2.75) is 31.5 Å². The van der Waals surface area contributed by atoms with Gasteiger partial charge in [0.05, 0.1) is 0 Å². The van der Waals surface area contributed by atoms with E-state index in [1.807, 2.05) is 0 Å². The summed E-state index contributed by atoms with van der Waals surface area (Å²) in [5.41, 5.74) is 6.00. The molecule has 0 spiro atoms. The summed E-state index contributed by atoms with van der Waals surface area (Å²) in [5, 5.41) is 0. The topological polar surface area (TPSA) is 0 Å². The average Bonchev–Trinajstić information content (AvgIpc) is 2.41. The van der Waals surface area contributed by atoms with Gasteiger partial charge < -0.3 is 0 Å². The standard InChI is InChI=1S/C17H18Se/c1-18-17-12-15-7-6-13-2-4-14(5-3-13)8-10-16(17)11-9-15/h2-5,9,11-12H,6-8,10H2,1H3. The summed E-state index contributed by atoms with van der Waals surface area (Å²) in [6.45, 7) is 0. The van der Waals surface area contributed by atoms with E-state index < -0.39 is 0 Å². The molecule has 2 aromatic rings. The fourth-order valence-electron chi connectivity index (χ4n) is 2.59. The van der Waals surface area contributed by atoms with Gasteiger partial charge in [-0.3, -0.25) is 0 Å². The summed E-state index contributed by atoms with van der Waals surface area (Å²) in [6, 6.07) is 16.4. The third kappa shape index (κ3) is 2.53. The summed E-state index contributed by atoms with van der Waals surface area (Å²) >= 11 is 0.609. The molecule has 6 rings (SSSR count). The minimum atomic E-state index is 0.609. The number of hydrogen-bond acceptors (Lipinski definition) is 0. The van der Waals surface area contributed by atoms with Crippen molar-refractivity contribution < 1.29 is 0 Å². The van der Waals surface area contributed by atoms with E-state index in [-0.39, 0.29) is 0 Å². The van der Waals surface area contributed by atoms with Gasteiger partial charge in [0, 0.05) is 0 Å². The molecule has 0 saturated carbocycles. The summed E-state index contributed by atoms with van der Waals surface area (Å²) in [6.07, 6.45) is 4.69. The first-order valence-electron chi connectivity index (χ1n) is 6.59. The summed E-state index contributed by atoms with van der Waals surface area (Å²) in [5.74, 6) is 2.33. The Bertz CT molecular complexity index is 540. The molecule has 4 bridgehead atoms. The van der Waals surface area contributed by atoms with Gasteiger partial charge in [-0.25, -0.2) is 0 Å². The Hall–Kier alpha value is -1.04. The van der Waals surface area contributed by atoms with Gasteiger partial charge in [-0.05, 0) is 0 Å². The van der Waals surface area contributed by atoms with Crippen LogP contribution < -0.4 is 4.46 Å². The Morgan fingerprint density at radius 1 is 0.722 bits per heavy atom.